The molecule has 0 bridgehead atoms. The van der Waals surface area contributed by atoms with E-state index in [0.29, 0.717) is 6.10 Å². The predicted octanol–water partition coefficient (Wildman–Crippen LogP) is 2.44. The van der Waals surface area contributed by atoms with Crippen molar-refractivity contribution in [1.29, 1.82) is 0 Å². The maximum absolute atomic E-state index is 5.51. The molecule has 1 heteroatoms. The van der Waals surface area contributed by atoms with Gasteiger partial charge in [-0.2, -0.15) is 0 Å². The second-order valence-corrected chi connectivity index (χ2v) is 3.21. The van der Waals surface area contributed by atoms with Gasteiger partial charge in [-0.15, -0.1) is 0 Å². The minimum atomic E-state index is 0.329. The van der Waals surface area contributed by atoms with E-state index in [1.807, 2.05) is 0 Å². The minimum absolute atomic E-state index is 0.329. The van der Waals surface area contributed by atoms with Gasteiger partial charge in [0.05, 0.1) is 12.7 Å². The zero-order valence-corrected chi connectivity index (χ0v) is 6.75. The number of rotatable bonds is 1. The van der Waals surface area contributed by atoms with E-state index in [0.717, 1.165) is 6.61 Å². The molecule has 0 aromatic heterocycles. The Morgan fingerprint density at radius 1 is 1.36 bits per heavy atom. The van der Waals surface area contributed by atoms with Crippen molar-refractivity contribution in [2.75, 3.05) is 6.61 Å². The monoisotopic (exact) mass is 150 g/mol. The molecule has 0 unspecified atom stereocenters. The van der Waals surface area contributed by atoms with Crippen LogP contribution in [0.1, 0.15) is 25.7 Å². The lowest BCUT2D eigenvalue weighted by Gasteiger charge is -2.17. The van der Waals surface area contributed by atoms with E-state index in [1.165, 1.54) is 31.3 Å². The van der Waals surface area contributed by atoms with Crippen LogP contribution in [0.2, 0.25) is 0 Å². The van der Waals surface area contributed by atoms with E-state index in [4.69, 9.17) is 4.74 Å². The number of hydrogen-bond acceptors (Lipinski definition) is 1. The fraction of sp³-hybridized carbons (Fsp3) is 0.600. The molecule has 2 rings (SSSR count). The van der Waals surface area contributed by atoms with Crippen molar-refractivity contribution >= 4 is 0 Å². The SMILES string of the molecule is C1=C[C@H](C2=CCCCC2)OC1. The molecule has 1 aliphatic carbocycles. The highest BCUT2D eigenvalue weighted by Crippen LogP contribution is 2.24. The molecule has 2 aliphatic rings. The van der Waals surface area contributed by atoms with Crippen LogP contribution in [-0.4, -0.2) is 12.7 Å². The van der Waals surface area contributed by atoms with Crippen LogP contribution in [0.25, 0.3) is 0 Å². The van der Waals surface area contributed by atoms with Crippen LogP contribution in [0.3, 0.4) is 0 Å². The van der Waals surface area contributed by atoms with Gasteiger partial charge < -0.3 is 4.74 Å². The van der Waals surface area contributed by atoms with Crippen LogP contribution in [0, 0.1) is 0 Å². The molecule has 1 atom stereocenters. The van der Waals surface area contributed by atoms with Crippen molar-refractivity contribution in [2.24, 2.45) is 0 Å². The number of allylic oxidation sites excluding steroid dienone is 1. The minimum Gasteiger partial charge on any atom is -0.366 e. The van der Waals surface area contributed by atoms with E-state index in [-0.39, 0.29) is 0 Å². The Balaban J connectivity index is 2.02. The maximum atomic E-state index is 5.51. The molecule has 1 nitrogen and oxygen atoms in total. The zero-order chi connectivity index (χ0) is 7.52. The van der Waals surface area contributed by atoms with Gasteiger partial charge in [0.1, 0.15) is 0 Å². The van der Waals surface area contributed by atoms with Crippen molar-refractivity contribution in [3.8, 4) is 0 Å². The first-order valence-corrected chi connectivity index (χ1v) is 4.44. The molecule has 11 heavy (non-hydrogen) atoms. The van der Waals surface area contributed by atoms with Gasteiger partial charge in [0, 0.05) is 0 Å². The van der Waals surface area contributed by atoms with Crippen molar-refractivity contribution < 1.29 is 4.74 Å². The van der Waals surface area contributed by atoms with Crippen molar-refractivity contribution in [3.05, 3.63) is 23.8 Å². The molecule has 0 aromatic carbocycles. The van der Waals surface area contributed by atoms with E-state index < -0.39 is 0 Å². The molecular formula is C10H14O. The summed E-state index contributed by atoms with van der Waals surface area (Å²) in [5, 5.41) is 0. The summed E-state index contributed by atoms with van der Waals surface area (Å²) in [6.45, 7) is 0.808. The van der Waals surface area contributed by atoms with Crippen LogP contribution >= 0.6 is 0 Å². The van der Waals surface area contributed by atoms with Crippen molar-refractivity contribution in [3.63, 3.8) is 0 Å². The molecule has 0 amide bonds. The Morgan fingerprint density at radius 3 is 3.00 bits per heavy atom. The number of hydrogen-bond donors (Lipinski definition) is 0. The normalized spacial score (nSPS) is 30.5. The molecule has 0 fully saturated rings. The van der Waals surface area contributed by atoms with Gasteiger partial charge in [0.25, 0.3) is 0 Å². The zero-order valence-electron chi connectivity index (χ0n) is 6.75. The summed E-state index contributed by atoms with van der Waals surface area (Å²) in [4.78, 5) is 0. The highest BCUT2D eigenvalue weighted by Gasteiger charge is 2.15. The first kappa shape index (κ1) is 7.11. The second kappa shape index (κ2) is 3.22. The lowest BCUT2D eigenvalue weighted by Crippen LogP contribution is -2.10. The van der Waals surface area contributed by atoms with Crippen LogP contribution in [0.15, 0.2) is 23.8 Å². The third-order valence-corrected chi connectivity index (χ3v) is 2.37. The van der Waals surface area contributed by atoms with Gasteiger partial charge in [-0.25, -0.2) is 0 Å². The summed E-state index contributed by atoms with van der Waals surface area (Å²) >= 11 is 0. The van der Waals surface area contributed by atoms with Crippen LogP contribution in [0.5, 0.6) is 0 Å². The van der Waals surface area contributed by atoms with Crippen LogP contribution in [0.4, 0.5) is 0 Å². The molecule has 0 N–H and O–H groups in total. The summed E-state index contributed by atoms with van der Waals surface area (Å²) in [5.41, 5.74) is 1.50. The third-order valence-electron chi connectivity index (χ3n) is 2.37. The van der Waals surface area contributed by atoms with Gasteiger partial charge in [0.15, 0.2) is 0 Å². The molecule has 60 valence electrons. The van der Waals surface area contributed by atoms with Gasteiger partial charge >= 0.3 is 0 Å². The largest absolute Gasteiger partial charge is 0.366 e. The summed E-state index contributed by atoms with van der Waals surface area (Å²) in [6, 6.07) is 0. The van der Waals surface area contributed by atoms with E-state index in [2.05, 4.69) is 18.2 Å². The first-order valence-electron chi connectivity index (χ1n) is 4.44. The van der Waals surface area contributed by atoms with Gasteiger partial charge in [-0.3, -0.25) is 0 Å². The molecule has 0 radical (unpaired) electrons. The lowest BCUT2D eigenvalue weighted by molar-refractivity contribution is 0.149. The fourth-order valence-corrected chi connectivity index (χ4v) is 1.75. The van der Waals surface area contributed by atoms with Crippen molar-refractivity contribution in [2.45, 2.75) is 31.8 Å². The maximum Gasteiger partial charge on any atom is 0.0971 e. The van der Waals surface area contributed by atoms with Crippen molar-refractivity contribution in [1.82, 2.24) is 0 Å². The van der Waals surface area contributed by atoms with Gasteiger partial charge in [0.2, 0.25) is 0 Å². The molecule has 0 saturated carbocycles. The standard InChI is InChI=1S/C10H14O/c1-2-5-9(6-3-1)10-7-4-8-11-10/h4-5,7,10H,1-3,6,8H2/t10-/m1/s1. The Hall–Kier alpha value is -0.560. The summed E-state index contributed by atoms with van der Waals surface area (Å²) in [5.74, 6) is 0. The Bertz CT molecular complexity index is 191. The molecular weight excluding hydrogens is 136 g/mol. The van der Waals surface area contributed by atoms with E-state index >= 15 is 0 Å². The smallest absolute Gasteiger partial charge is 0.0971 e. The van der Waals surface area contributed by atoms with Crippen LogP contribution < -0.4 is 0 Å². The lowest BCUT2D eigenvalue weighted by atomic mass is 9.96. The summed E-state index contributed by atoms with van der Waals surface area (Å²) in [7, 11) is 0. The predicted molar refractivity (Wildman–Crippen MR) is 45.4 cm³/mol. The van der Waals surface area contributed by atoms with Crippen LogP contribution in [-0.2, 0) is 4.74 Å². The quantitative estimate of drug-likeness (QED) is 0.522. The number of ether oxygens (including phenoxy) is 1. The van der Waals surface area contributed by atoms with Gasteiger partial charge in [-0.1, -0.05) is 18.2 Å². The molecule has 0 saturated heterocycles. The second-order valence-electron chi connectivity index (χ2n) is 3.21. The summed E-state index contributed by atoms with van der Waals surface area (Å²) in [6.07, 6.45) is 12.2. The average molecular weight is 150 g/mol. The molecule has 0 spiro atoms. The summed E-state index contributed by atoms with van der Waals surface area (Å²) < 4.78 is 5.51. The molecule has 1 heterocycles. The first-order chi connectivity index (χ1) is 5.47. The fourth-order valence-electron chi connectivity index (χ4n) is 1.75. The topological polar surface area (TPSA) is 9.23 Å². The Morgan fingerprint density at radius 2 is 2.36 bits per heavy atom. The molecule has 1 aliphatic heterocycles. The molecule has 0 aromatic rings. The van der Waals surface area contributed by atoms with Gasteiger partial charge in [-0.05, 0) is 31.3 Å². The highest BCUT2D eigenvalue weighted by molar-refractivity contribution is 5.19. The Kier molecular flexibility index (Phi) is 2.08. The average Bonchev–Trinajstić information content (AvgIpc) is 2.58. The highest BCUT2D eigenvalue weighted by atomic mass is 16.5. The van der Waals surface area contributed by atoms with E-state index in [1.54, 1.807) is 0 Å². The Labute approximate surface area is 67.7 Å². The third kappa shape index (κ3) is 1.54. The van der Waals surface area contributed by atoms with E-state index in [9.17, 15) is 0 Å².